The summed E-state index contributed by atoms with van der Waals surface area (Å²) in [5.74, 6) is 8.48. The van der Waals surface area contributed by atoms with Crippen LogP contribution in [0.3, 0.4) is 0 Å². The van der Waals surface area contributed by atoms with E-state index in [9.17, 15) is 0 Å². The number of rotatable bonds is 10. The predicted octanol–water partition coefficient (Wildman–Crippen LogP) is 8.91. The molecule has 0 spiro atoms. The molecule has 0 amide bonds. The van der Waals surface area contributed by atoms with Gasteiger partial charge < -0.3 is 0 Å². The number of unbranched alkanes of at least 4 members (excludes halogenated alkanes) is 7. The van der Waals surface area contributed by atoms with Crippen molar-refractivity contribution in [1.82, 2.24) is 0 Å². The van der Waals surface area contributed by atoms with E-state index < -0.39 is 0 Å². The molecule has 168 valence electrons. The van der Waals surface area contributed by atoms with Gasteiger partial charge in [0.15, 0.2) is 0 Å². The van der Waals surface area contributed by atoms with E-state index in [4.69, 9.17) is 5.26 Å². The summed E-state index contributed by atoms with van der Waals surface area (Å²) in [5, 5.41) is 8.94. The highest BCUT2D eigenvalue weighted by atomic mass is 14.2. The Labute approximate surface area is 196 Å². The average molecular weight is 426 g/mol. The van der Waals surface area contributed by atoms with Crippen LogP contribution in [0.5, 0.6) is 0 Å². The molecule has 3 rings (SSSR count). The molecule has 0 atom stereocenters. The highest BCUT2D eigenvalue weighted by molar-refractivity contribution is 5.65. The normalized spacial score (nSPS) is 17.9. The summed E-state index contributed by atoms with van der Waals surface area (Å²) in [5.41, 5.74) is 4.10. The first-order chi connectivity index (χ1) is 15.8. The molecule has 2 aromatic carbocycles. The van der Waals surface area contributed by atoms with Crippen LogP contribution < -0.4 is 0 Å². The number of nitriles is 1. The van der Waals surface area contributed by atoms with E-state index in [1.165, 1.54) is 89.0 Å². The van der Waals surface area contributed by atoms with Crippen molar-refractivity contribution >= 4 is 0 Å². The SMILES string of the molecule is CCCCCCCCCCC1CCC(C#Cc2ccc(-c3ccc(C#N)cc3)cc2)CC1. The van der Waals surface area contributed by atoms with Crippen LogP contribution in [0, 0.1) is 35.0 Å². The Kier molecular flexibility index (Phi) is 10.4. The van der Waals surface area contributed by atoms with E-state index in [0.29, 0.717) is 11.5 Å². The molecular weight excluding hydrogens is 386 g/mol. The minimum Gasteiger partial charge on any atom is -0.192 e. The van der Waals surface area contributed by atoms with Crippen molar-refractivity contribution in [2.24, 2.45) is 11.8 Å². The minimum atomic E-state index is 0.572. The summed E-state index contributed by atoms with van der Waals surface area (Å²) < 4.78 is 0. The number of nitrogens with zero attached hydrogens (tertiary/aromatic N) is 1. The third-order valence-corrected chi connectivity index (χ3v) is 6.97. The molecule has 32 heavy (non-hydrogen) atoms. The van der Waals surface area contributed by atoms with Crippen molar-refractivity contribution in [3.63, 3.8) is 0 Å². The van der Waals surface area contributed by atoms with Gasteiger partial charge in [0, 0.05) is 11.5 Å². The molecule has 1 nitrogen and oxygen atoms in total. The van der Waals surface area contributed by atoms with Crippen LogP contribution in [0.15, 0.2) is 48.5 Å². The van der Waals surface area contributed by atoms with E-state index in [-0.39, 0.29) is 0 Å². The molecule has 1 heteroatoms. The first-order valence-electron chi connectivity index (χ1n) is 12.9. The van der Waals surface area contributed by atoms with E-state index >= 15 is 0 Å². The van der Waals surface area contributed by atoms with Crippen molar-refractivity contribution < 1.29 is 0 Å². The van der Waals surface area contributed by atoms with Crippen LogP contribution in [-0.2, 0) is 0 Å². The number of hydrogen-bond donors (Lipinski definition) is 0. The Morgan fingerprint density at radius 3 is 1.78 bits per heavy atom. The van der Waals surface area contributed by atoms with E-state index in [1.54, 1.807) is 0 Å². The summed E-state index contributed by atoms with van der Waals surface area (Å²) >= 11 is 0. The van der Waals surface area contributed by atoms with Crippen LogP contribution >= 0.6 is 0 Å². The maximum Gasteiger partial charge on any atom is 0.0991 e. The molecule has 0 heterocycles. The highest BCUT2D eigenvalue weighted by Gasteiger charge is 2.19. The third-order valence-electron chi connectivity index (χ3n) is 6.97. The second-order valence-corrected chi connectivity index (χ2v) is 9.52. The van der Waals surface area contributed by atoms with Crippen LogP contribution in [0.2, 0.25) is 0 Å². The molecule has 1 fully saturated rings. The van der Waals surface area contributed by atoms with E-state index in [0.717, 1.165) is 17.0 Å². The first-order valence-corrected chi connectivity index (χ1v) is 12.9. The predicted molar refractivity (Wildman–Crippen MR) is 136 cm³/mol. The summed E-state index contributed by atoms with van der Waals surface area (Å²) in [7, 11) is 0. The topological polar surface area (TPSA) is 23.8 Å². The van der Waals surface area contributed by atoms with Gasteiger partial charge in [-0.05, 0) is 67.0 Å². The van der Waals surface area contributed by atoms with Gasteiger partial charge in [-0.3, -0.25) is 0 Å². The zero-order valence-corrected chi connectivity index (χ0v) is 19.9. The zero-order chi connectivity index (χ0) is 22.4. The second kappa shape index (κ2) is 13.8. The monoisotopic (exact) mass is 425 g/mol. The molecule has 0 saturated heterocycles. The summed E-state index contributed by atoms with van der Waals surface area (Å²) in [6.07, 6.45) is 18.1. The first kappa shape index (κ1) is 24.1. The molecule has 1 aliphatic carbocycles. The van der Waals surface area contributed by atoms with Crippen LogP contribution in [0.4, 0.5) is 0 Å². The number of hydrogen-bond acceptors (Lipinski definition) is 1. The lowest BCUT2D eigenvalue weighted by molar-refractivity contribution is 0.293. The smallest absolute Gasteiger partial charge is 0.0991 e. The Hall–Kier alpha value is -2.51. The number of benzene rings is 2. The Morgan fingerprint density at radius 2 is 1.22 bits per heavy atom. The fraction of sp³-hybridized carbons (Fsp3) is 0.516. The summed E-state index contributed by atoms with van der Waals surface area (Å²) in [4.78, 5) is 0. The van der Waals surface area contributed by atoms with Crippen molar-refractivity contribution in [1.29, 1.82) is 5.26 Å². The fourth-order valence-corrected chi connectivity index (χ4v) is 4.83. The Bertz CT molecular complexity index is 881. The quantitative estimate of drug-likeness (QED) is 0.275. The molecule has 0 N–H and O–H groups in total. The van der Waals surface area contributed by atoms with Gasteiger partial charge in [-0.25, -0.2) is 0 Å². The zero-order valence-electron chi connectivity index (χ0n) is 19.9. The van der Waals surface area contributed by atoms with Gasteiger partial charge in [-0.2, -0.15) is 5.26 Å². The van der Waals surface area contributed by atoms with Crippen LogP contribution in [0.25, 0.3) is 11.1 Å². The van der Waals surface area contributed by atoms with Crippen molar-refractivity contribution in [2.75, 3.05) is 0 Å². The molecule has 0 unspecified atom stereocenters. The van der Waals surface area contributed by atoms with Gasteiger partial charge in [-0.1, -0.05) is 101 Å². The largest absolute Gasteiger partial charge is 0.192 e. The molecule has 1 saturated carbocycles. The molecule has 0 bridgehead atoms. The summed E-state index contributed by atoms with van der Waals surface area (Å²) in [6, 6.07) is 18.4. The Morgan fingerprint density at radius 1 is 0.688 bits per heavy atom. The van der Waals surface area contributed by atoms with E-state index in [2.05, 4.69) is 49.1 Å². The molecule has 0 aromatic heterocycles. The average Bonchev–Trinajstić information content (AvgIpc) is 2.85. The third kappa shape index (κ3) is 8.20. The van der Waals surface area contributed by atoms with Gasteiger partial charge in [0.25, 0.3) is 0 Å². The lowest BCUT2D eigenvalue weighted by Gasteiger charge is -2.25. The second-order valence-electron chi connectivity index (χ2n) is 9.52. The maximum atomic E-state index is 8.94. The van der Waals surface area contributed by atoms with Crippen LogP contribution in [-0.4, -0.2) is 0 Å². The van der Waals surface area contributed by atoms with Crippen LogP contribution in [0.1, 0.15) is 102 Å². The fourth-order valence-electron chi connectivity index (χ4n) is 4.83. The van der Waals surface area contributed by atoms with Gasteiger partial charge in [-0.15, -0.1) is 0 Å². The van der Waals surface area contributed by atoms with Crippen molar-refractivity contribution in [3.8, 4) is 29.0 Å². The summed E-state index contributed by atoms with van der Waals surface area (Å²) in [6.45, 7) is 2.29. The Balaban J connectivity index is 1.35. The minimum absolute atomic E-state index is 0.572. The molecular formula is C31H39N. The van der Waals surface area contributed by atoms with Gasteiger partial charge >= 0.3 is 0 Å². The lowest BCUT2D eigenvalue weighted by atomic mass is 9.80. The maximum absolute atomic E-state index is 8.94. The van der Waals surface area contributed by atoms with Gasteiger partial charge in [0.05, 0.1) is 11.6 Å². The van der Waals surface area contributed by atoms with Crippen molar-refractivity contribution in [2.45, 2.75) is 90.4 Å². The van der Waals surface area contributed by atoms with E-state index in [1.807, 2.05) is 24.3 Å². The van der Waals surface area contributed by atoms with Crippen molar-refractivity contribution in [3.05, 3.63) is 59.7 Å². The standard InChI is InChI=1S/C31H39N/c1-2-3-4-5-6-7-8-9-10-26-11-13-27(14-12-26)15-16-28-17-21-30(22-18-28)31-23-19-29(25-32)20-24-31/h17-24,26-27H,2-14H2,1H3. The highest BCUT2D eigenvalue weighted by Crippen LogP contribution is 2.32. The molecule has 2 aromatic rings. The molecule has 1 aliphatic rings. The molecule has 0 radical (unpaired) electrons. The molecule has 0 aliphatic heterocycles. The van der Waals surface area contributed by atoms with Gasteiger partial charge in [0.2, 0.25) is 0 Å². The van der Waals surface area contributed by atoms with Gasteiger partial charge in [0.1, 0.15) is 0 Å². The lowest BCUT2D eigenvalue weighted by Crippen LogP contribution is -2.13.